The molecule has 0 spiro atoms. The van der Waals surface area contributed by atoms with E-state index in [1.54, 1.807) is 23.7 Å². The summed E-state index contributed by atoms with van der Waals surface area (Å²) in [5, 5.41) is 1.74. The van der Waals surface area contributed by atoms with Gasteiger partial charge in [-0.05, 0) is 11.4 Å². The van der Waals surface area contributed by atoms with Crippen molar-refractivity contribution in [1.29, 1.82) is 0 Å². The molecule has 5 nitrogen and oxygen atoms in total. The summed E-state index contributed by atoms with van der Waals surface area (Å²) in [6, 6.07) is 3.30. The largest absolute Gasteiger partial charge is 0.250 e. The van der Waals surface area contributed by atoms with Gasteiger partial charge in [-0.15, -0.1) is 11.3 Å². The molecule has 2 rings (SSSR count). The quantitative estimate of drug-likeness (QED) is 0.940. The Morgan fingerprint density at radius 1 is 1.35 bits per heavy atom. The zero-order valence-corrected chi connectivity index (χ0v) is 13.3. The lowest BCUT2D eigenvalue weighted by atomic mass is 9.89. The minimum atomic E-state index is -3.46. The number of rotatable bonds is 4. The fourth-order valence-electron chi connectivity index (χ4n) is 1.82. The maximum Gasteiger partial charge on any atom is 0.250 e. The van der Waals surface area contributed by atoms with Gasteiger partial charge in [-0.2, -0.15) is 0 Å². The number of aromatic nitrogens is 2. The van der Waals surface area contributed by atoms with E-state index in [2.05, 4.69) is 14.7 Å². The van der Waals surface area contributed by atoms with E-state index in [9.17, 15) is 8.42 Å². The Bertz CT molecular complexity index is 674. The minimum Gasteiger partial charge on any atom is -0.244 e. The van der Waals surface area contributed by atoms with Gasteiger partial charge in [0, 0.05) is 23.7 Å². The number of hydrogen-bond donors (Lipinski definition) is 1. The summed E-state index contributed by atoms with van der Waals surface area (Å²) in [5.41, 5.74) is 1.48. The van der Waals surface area contributed by atoms with Gasteiger partial charge >= 0.3 is 0 Å². The van der Waals surface area contributed by atoms with Crippen LogP contribution in [0.25, 0.3) is 0 Å². The molecule has 0 unspecified atom stereocenters. The van der Waals surface area contributed by atoms with Crippen LogP contribution in [0.5, 0.6) is 0 Å². The van der Waals surface area contributed by atoms with Crippen molar-refractivity contribution in [3.63, 3.8) is 0 Å². The molecule has 0 aliphatic heterocycles. The number of hydrogen-bond acceptors (Lipinski definition) is 5. The lowest BCUT2D eigenvalue weighted by Gasteiger charge is -2.20. The molecule has 0 bridgehead atoms. The highest BCUT2D eigenvalue weighted by molar-refractivity contribution is 7.91. The van der Waals surface area contributed by atoms with E-state index >= 15 is 0 Å². The van der Waals surface area contributed by atoms with Crippen LogP contribution in [0.1, 0.15) is 32.0 Å². The molecule has 2 heterocycles. The average molecular weight is 311 g/mol. The Kier molecular flexibility index (Phi) is 4.22. The van der Waals surface area contributed by atoms with Gasteiger partial charge in [0.2, 0.25) is 10.0 Å². The van der Waals surface area contributed by atoms with Crippen molar-refractivity contribution in [1.82, 2.24) is 14.7 Å². The zero-order chi connectivity index (χ0) is 14.8. The first-order valence-electron chi connectivity index (χ1n) is 6.13. The molecule has 108 valence electrons. The fourth-order valence-corrected chi connectivity index (χ4v) is 3.87. The van der Waals surface area contributed by atoms with Crippen LogP contribution in [0.3, 0.4) is 0 Å². The Hall–Kier alpha value is -1.31. The van der Waals surface area contributed by atoms with E-state index in [1.807, 2.05) is 20.8 Å². The summed E-state index contributed by atoms with van der Waals surface area (Å²) >= 11 is 1.19. The van der Waals surface area contributed by atoms with Crippen molar-refractivity contribution in [3.05, 3.63) is 41.3 Å². The monoisotopic (exact) mass is 311 g/mol. The Labute approximate surface area is 123 Å². The topological polar surface area (TPSA) is 72.0 Å². The summed E-state index contributed by atoms with van der Waals surface area (Å²) in [6.07, 6.45) is 3.14. The molecule has 0 aliphatic carbocycles. The van der Waals surface area contributed by atoms with Gasteiger partial charge in [0.25, 0.3) is 0 Å². The molecule has 2 aromatic heterocycles. The molecule has 0 atom stereocenters. The number of nitrogens with one attached hydrogen (secondary N) is 1. The van der Waals surface area contributed by atoms with Gasteiger partial charge in [-0.3, -0.25) is 0 Å². The van der Waals surface area contributed by atoms with Crippen molar-refractivity contribution >= 4 is 21.4 Å². The van der Waals surface area contributed by atoms with E-state index in [4.69, 9.17) is 0 Å². The van der Waals surface area contributed by atoms with Crippen LogP contribution in [-0.2, 0) is 22.0 Å². The first-order valence-corrected chi connectivity index (χ1v) is 8.49. The maximum absolute atomic E-state index is 12.1. The zero-order valence-electron chi connectivity index (χ0n) is 11.6. The Morgan fingerprint density at radius 2 is 2.10 bits per heavy atom. The van der Waals surface area contributed by atoms with Gasteiger partial charge in [0.05, 0.1) is 5.69 Å². The van der Waals surface area contributed by atoms with E-state index < -0.39 is 10.0 Å². The molecule has 0 saturated heterocycles. The third-order valence-electron chi connectivity index (χ3n) is 2.71. The van der Waals surface area contributed by atoms with Crippen LogP contribution in [0.2, 0.25) is 0 Å². The van der Waals surface area contributed by atoms with Crippen molar-refractivity contribution in [3.8, 4) is 0 Å². The smallest absolute Gasteiger partial charge is 0.244 e. The van der Waals surface area contributed by atoms with Crippen molar-refractivity contribution in [2.45, 2.75) is 36.9 Å². The highest BCUT2D eigenvalue weighted by atomic mass is 32.2. The summed E-state index contributed by atoms with van der Waals surface area (Å²) in [6.45, 7) is 6.29. The van der Waals surface area contributed by atoms with Crippen molar-refractivity contribution < 1.29 is 8.42 Å². The lowest BCUT2D eigenvalue weighted by Crippen LogP contribution is -2.25. The summed E-state index contributed by atoms with van der Waals surface area (Å²) in [4.78, 5) is 8.25. The number of nitrogens with zero attached hydrogens (tertiary/aromatic N) is 2. The molecular weight excluding hydrogens is 294 g/mol. The SMILES string of the molecule is CC(C)(C)c1ncncc1CNS(=O)(=O)c1cccs1. The first kappa shape index (κ1) is 15.1. The molecule has 7 heteroatoms. The predicted molar refractivity (Wildman–Crippen MR) is 79.1 cm³/mol. The summed E-state index contributed by atoms with van der Waals surface area (Å²) < 4.78 is 27.1. The van der Waals surface area contributed by atoms with Crippen LogP contribution in [0.15, 0.2) is 34.2 Å². The third kappa shape index (κ3) is 3.41. The first-order chi connectivity index (χ1) is 9.31. The second-order valence-corrected chi connectivity index (χ2v) is 8.34. The molecule has 0 aromatic carbocycles. The molecular formula is C13H17N3O2S2. The minimum absolute atomic E-state index is 0.160. The fraction of sp³-hybridized carbons (Fsp3) is 0.385. The van der Waals surface area contributed by atoms with Gasteiger partial charge in [0.15, 0.2) is 0 Å². The normalized spacial score (nSPS) is 12.6. The second-order valence-electron chi connectivity index (χ2n) is 5.40. The number of sulfonamides is 1. The highest BCUT2D eigenvalue weighted by Gasteiger charge is 2.21. The van der Waals surface area contributed by atoms with Gasteiger partial charge in [0.1, 0.15) is 10.5 Å². The van der Waals surface area contributed by atoms with Gasteiger partial charge < -0.3 is 0 Å². The Morgan fingerprint density at radius 3 is 2.70 bits per heavy atom. The van der Waals surface area contributed by atoms with Crippen LogP contribution in [0, 0.1) is 0 Å². The average Bonchev–Trinajstić information content (AvgIpc) is 2.90. The predicted octanol–water partition coefficient (Wildman–Crippen LogP) is 2.31. The van der Waals surface area contributed by atoms with Gasteiger partial charge in [-0.1, -0.05) is 26.8 Å². The lowest BCUT2D eigenvalue weighted by molar-refractivity contribution is 0.551. The molecule has 0 fully saturated rings. The maximum atomic E-state index is 12.1. The second kappa shape index (κ2) is 5.59. The van der Waals surface area contributed by atoms with E-state index in [1.165, 1.54) is 17.7 Å². The number of thiophene rings is 1. The molecule has 20 heavy (non-hydrogen) atoms. The van der Waals surface area contributed by atoms with Crippen LogP contribution in [-0.4, -0.2) is 18.4 Å². The Balaban J connectivity index is 2.21. The molecule has 0 radical (unpaired) electrons. The van der Waals surface area contributed by atoms with Gasteiger partial charge in [-0.25, -0.2) is 23.1 Å². The molecule has 2 aromatic rings. The van der Waals surface area contributed by atoms with Crippen LogP contribution >= 0.6 is 11.3 Å². The molecule has 0 saturated carbocycles. The van der Waals surface area contributed by atoms with Crippen molar-refractivity contribution in [2.75, 3.05) is 0 Å². The van der Waals surface area contributed by atoms with Crippen molar-refractivity contribution in [2.24, 2.45) is 0 Å². The van der Waals surface area contributed by atoms with E-state index in [0.29, 0.717) is 4.21 Å². The van der Waals surface area contributed by atoms with Crippen LogP contribution < -0.4 is 4.72 Å². The molecule has 0 aliphatic rings. The van der Waals surface area contributed by atoms with Crippen LogP contribution in [0.4, 0.5) is 0 Å². The molecule has 0 amide bonds. The highest BCUT2D eigenvalue weighted by Crippen LogP contribution is 2.23. The van der Waals surface area contributed by atoms with E-state index in [-0.39, 0.29) is 12.0 Å². The summed E-state index contributed by atoms with van der Waals surface area (Å²) in [7, 11) is -3.46. The molecule has 1 N–H and O–H groups in total. The van der Waals surface area contributed by atoms with E-state index in [0.717, 1.165) is 11.3 Å². The standard InChI is InChI=1S/C13H17N3O2S2/c1-13(2,3)12-10(7-14-9-15-12)8-16-20(17,18)11-5-4-6-19-11/h4-7,9,16H,8H2,1-3H3. The third-order valence-corrected chi connectivity index (χ3v) is 5.51. The summed E-state index contributed by atoms with van der Waals surface area (Å²) in [5.74, 6) is 0.